The quantitative estimate of drug-likeness (QED) is 0.740. The van der Waals surface area contributed by atoms with E-state index in [-0.39, 0.29) is 6.10 Å². The molecule has 3 heteroatoms. The molecule has 108 valence electrons. The van der Waals surface area contributed by atoms with Crippen LogP contribution in [0.4, 0.5) is 0 Å². The number of benzene rings is 1. The Hall–Kier alpha value is -1.06. The van der Waals surface area contributed by atoms with Crippen molar-refractivity contribution in [1.82, 2.24) is 5.32 Å². The van der Waals surface area contributed by atoms with Gasteiger partial charge in [0.25, 0.3) is 0 Å². The molecule has 2 atom stereocenters. The van der Waals surface area contributed by atoms with Crippen LogP contribution in [0.2, 0.25) is 0 Å². The van der Waals surface area contributed by atoms with Crippen molar-refractivity contribution in [3.8, 4) is 5.75 Å². The molecule has 0 bridgehead atoms. The van der Waals surface area contributed by atoms with E-state index in [1.54, 1.807) is 0 Å². The van der Waals surface area contributed by atoms with Crippen LogP contribution in [0.5, 0.6) is 5.75 Å². The second-order valence-electron chi connectivity index (χ2n) is 4.68. The zero-order valence-corrected chi connectivity index (χ0v) is 12.6. The van der Waals surface area contributed by atoms with Crippen molar-refractivity contribution in [2.45, 2.75) is 46.3 Å². The monoisotopic (exact) mass is 265 g/mol. The van der Waals surface area contributed by atoms with Crippen LogP contribution in [0.3, 0.4) is 0 Å². The minimum Gasteiger partial charge on any atom is -0.488 e. The summed E-state index contributed by atoms with van der Waals surface area (Å²) in [5.74, 6) is 0.918. The van der Waals surface area contributed by atoms with Gasteiger partial charge in [-0.05, 0) is 44.5 Å². The highest BCUT2D eigenvalue weighted by molar-refractivity contribution is 5.30. The third-order valence-electron chi connectivity index (χ3n) is 3.01. The van der Waals surface area contributed by atoms with Gasteiger partial charge >= 0.3 is 0 Å². The van der Waals surface area contributed by atoms with E-state index in [1.807, 2.05) is 19.9 Å². The largest absolute Gasteiger partial charge is 0.488 e. The third-order valence-corrected chi connectivity index (χ3v) is 3.01. The molecular weight excluding hydrogens is 238 g/mol. The average Bonchev–Trinajstić information content (AvgIpc) is 2.42. The van der Waals surface area contributed by atoms with Crippen LogP contribution in [0, 0.1) is 0 Å². The first-order chi connectivity index (χ1) is 9.21. The van der Waals surface area contributed by atoms with Gasteiger partial charge in [-0.3, -0.25) is 0 Å². The summed E-state index contributed by atoms with van der Waals surface area (Å²) in [5.41, 5.74) is 1.28. The van der Waals surface area contributed by atoms with Gasteiger partial charge in [-0.25, -0.2) is 0 Å². The van der Waals surface area contributed by atoms with Crippen molar-refractivity contribution < 1.29 is 9.47 Å². The molecule has 0 aliphatic carbocycles. The molecule has 0 aliphatic rings. The average molecular weight is 265 g/mol. The van der Waals surface area contributed by atoms with Crippen molar-refractivity contribution >= 4 is 0 Å². The molecule has 1 aromatic rings. The number of ether oxygens (including phenoxy) is 2. The summed E-state index contributed by atoms with van der Waals surface area (Å²) in [5, 5.41) is 3.48. The minimum atomic E-state index is 0.0782. The smallest absolute Gasteiger partial charge is 0.120 e. The molecule has 2 unspecified atom stereocenters. The molecule has 0 saturated carbocycles. The maximum absolute atomic E-state index is 5.88. The summed E-state index contributed by atoms with van der Waals surface area (Å²) in [6.45, 7) is 10.7. The Morgan fingerprint density at radius 2 is 2.00 bits per heavy atom. The predicted octanol–water partition coefficient (Wildman–Crippen LogP) is 3.55. The standard InChI is InChI=1S/C16H27NO2/c1-5-16(17-6-2)14-9-8-10-15(11-14)19-13(4)12-18-7-3/h8-11,13,16-17H,5-7,12H2,1-4H3. The zero-order valence-electron chi connectivity index (χ0n) is 12.6. The van der Waals surface area contributed by atoms with Crippen molar-refractivity contribution in [3.05, 3.63) is 29.8 Å². The fraction of sp³-hybridized carbons (Fsp3) is 0.625. The fourth-order valence-electron chi connectivity index (χ4n) is 2.10. The Kier molecular flexibility index (Phi) is 7.53. The van der Waals surface area contributed by atoms with Crippen molar-refractivity contribution in [2.24, 2.45) is 0 Å². The van der Waals surface area contributed by atoms with E-state index in [0.29, 0.717) is 12.6 Å². The second-order valence-corrected chi connectivity index (χ2v) is 4.68. The number of hydrogen-bond acceptors (Lipinski definition) is 3. The molecule has 0 aliphatic heterocycles. The van der Waals surface area contributed by atoms with E-state index in [1.165, 1.54) is 5.56 Å². The lowest BCUT2D eigenvalue weighted by Gasteiger charge is -2.19. The van der Waals surface area contributed by atoms with E-state index in [2.05, 4.69) is 37.4 Å². The van der Waals surface area contributed by atoms with Crippen LogP contribution in [0.25, 0.3) is 0 Å². The second kappa shape index (κ2) is 8.94. The summed E-state index contributed by atoms with van der Waals surface area (Å²) >= 11 is 0. The molecule has 3 nitrogen and oxygen atoms in total. The molecule has 0 spiro atoms. The summed E-state index contributed by atoms with van der Waals surface area (Å²) in [7, 11) is 0. The Morgan fingerprint density at radius 1 is 1.21 bits per heavy atom. The molecule has 0 aromatic heterocycles. The highest BCUT2D eigenvalue weighted by Gasteiger charge is 2.10. The number of rotatable bonds is 9. The summed E-state index contributed by atoms with van der Waals surface area (Å²) < 4.78 is 11.2. The van der Waals surface area contributed by atoms with E-state index < -0.39 is 0 Å². The van der Waals surface area contributed by atoms with Gasteiger partial charge in [-0.15, -0.1) is 0 Å². The molecule has 0 amide bonds. The number of hydrogen-bond donors (Lipinski definition) is 1. The Labute approximate surface area is 117 Å². The fourth-order valence-corrected chi connectivity index (χ4v) is 2.10. The lowest BCUT2D eigenvalue weighted by molar-refractivity contribution is 0.0656. The maximum atomic E-state index is 5.88. The van der Waals surface area contributed by atoms with Gasteiger partial charge in [0, 0.05) is 12.6 Å². The predicted molar refractivity (Wildman–Crippen MR) is 79.7 cm³/mol. The molecule has 1 rings (SSSR count). The van der Waals surface area contributed by atoms with Crippen molar-refractivity contribution in [3.63, 3.8) is 0 Å². The first kappa shape index (κ1) is 16.0. The van der Waals surface area contributed by atoms with E-state index >= 15 is 0 Å². The molecule has 1 aromatic carbocycles. The Balaban J connectivity index is 2.65. The molecular formula is C16H27NO2. The van der Waals surface area contributed by atoms with Crippen LogP contribution >= 0.6 is 0 Å². The van der Waals surface area contributed by atoms with Gasteiger partial charge in [0.15, 0.2) is 0 Å². The van der Waals surface area contributed by atoms with Crippen molar-refractivity contribution in [1.29, 1.82) is 0 Å². The maximum Gasteiger partial charge on any atom is 0.120 e. The molecule has 0 heterocycles. The SMILES string of the molecule is CCNC(CC)c1cccc(OC(C)COCC)c1. The highest BCUT2D eigenvalue weighted by Crippen LogP contribution is 2.22. The van der Waals surface area contributed by atoms with Gasteiger partial charge in [-0.2, -0.15) is 0 Å². The molecule has 0 fully saturated rings. The Bertz CT molecular complexity index is 354. The normalized spacial score (nSPS) is 14.1. The molecule has 1 N–H and O–H groups in total. The van der Waals surface area contributed by atoms with Crippen LogP contribution in [0.15, 0.2) is 24.3 Å². The Morgan fingerprint density at radius 3 is 2.63 bits per heavy atom. The van der Waals surface area contributed by atoms with Crippen LogP contribution < -0.4 is 10.1 Å². The summed E-state index contributed by atoms with van der Waals surface area (Å²) in [6.07, 6.45) is 1.15. The minimum absolute atomic E-state index is 0.0782. The highest BCUT2D eigenvalue weighted by atomic mass is 16.5. The van der Waals surface area contributed by atoms with Crippen molar-refractivity contribution in [2.75, 3.05) is 19.8 Å². The first-order valence-corrected chi connectivity index (χ1v) is 7.28. The van der Waals surface area contributed by atoms with Gasteiger partial charge in [0.1, 0.15) is 11.9 Å². The lowest BCUT2D eigenvalue weighted by Crippen LogP contribution is -2.21. The zero-order chi connectivity index (χ0) is 14.1. The van der Waals surface area contributed by atoms with E-state index in [0.717, 1.165) is 25.3 Å². The topological polar surface area (TPSA) is 30.5 Å². The number of nitrogens with one attached hydrogen (secondary N) is 1. The molecule has 0 radical (unpaired) electrons. The van der Waals surface area contributed by atoms with E-state index in [9.17, 15) is 0 Å². The lowest BCUT2D eigenvalue weighted by atomic mass is 10.0. The molecule has 19 heavy (non-hydrogen) atoms. The third kappa shape index (κ3) is 5.62. The van der Waals surface area contributed by atoms with E-state index in [4.69, 9.17) is 9.47 Å². The van der Waals surface area contributed by atoms with Gasteiger partial charge in [0.05, 0.1) is 6.61 Å². The summed E-state index contributed by atoms with van der Waals surface area (Å²) in [6, 6.07) is 8.73. The molecule has 0 saturated heterocycles. The van der Waals surface area contributed by atoms with Gasteiger partial charge in [0.2, 0.25) is 0 Å². The van der Waals surface area contributed by atoms with Crippen LogP contribution in [0.1, 0.15) is 45.7 Å². The summed E-state index contributed by atoms with van der Waals surface area (Å²) in [4.78, 5) is 0. The van der Waals surface area contributed by atoms with Gasteiger partial charge in [-0.1, -0.05) is 26.0 Å². The van der Waals surface area contributed by atoms with Crippen LogP contribution in [-0.2, 0) is 4.74 Å². The first-order valence-electron chi connectivity index (χ1n) is 7.28. The van der Waals surface area contributed by atoms with Crippen LogP contribution in [-0.4, -0.2) is 25.9 Å². The van der Waals surface area contributed by atoms with Gasteiger partial charge < -0.3 is 14.8 Å².